The molecule has 0 aliphatic heterocycles. The lowest BCUT2D eigenvalue weighted by molar-refractivity contribution is 0.531. The summed E-state index contributed by atoms with van der Waals surface area (Å²) >= 11 is 3.40. The highest BCUT2D eigenvalue weighted by Gasteiger charge is 2.35. The summed E-state index contributed by atoms with van der Waals surface area (Å²) in [7, 11) is 0. The molecule has 98 valence electrons. The highest BCUT2D eigenvalue weighted by molar-refractivity contribution is 9.10. The number of halogens is 1. The maximum atomic E-state index is 12.1. The summed E-state index contributed by atoms with van der Waals surface area (Å²) in [5, 5.41) is 7.66. The molecule has 0 bridgehead atoms. The van der Waals surface area contributed by atoms with Crippen molar-refractivity contribution in [3.63, 3.8) is 0 Å². The second-order valence-corrected chi connectivity index (χ2v) is 6.25. The smallest absolute Gasteiger partial charge is 0.283 e. The summed E-state index contributed by atoms with van der Waals surface area (Å²) in [5.41, 5.74) is 0.827. The molecule has 1 aromatic rings. The van der Waals surface area contributed by atoms with Crippen LogP contribution in [0.15, 0.2) is 15.5 Å². The van der Waals surface area contributed by atoms with Gasteiger partial charge in [-0.05, 0) is 47.0 Å². The zero-order valence-corrected chi connectivity index (χ0v) is 12.1. The molecule has 2 saturated carbocycles. The first kappa shape index (κ1) is 12.2. The van der Waals surface area contributed by atoms with E-state index in [1.54, 1.807) is 10.9 Å². The van der Waals surface area contributed by atoms with Crippen molar-refractivity contribution >= 4 is 21.6 Å². The molecule has 2 atom stereocenters. The number of anilines is 1. The van der Waals surface area contributed by atoms with Gasteiger partial charge in [-0.3, -0.25) is 4.79 Å². The molecular weight excluding hydrogens is 294 g/mol. The number of hydrogen-bond acceptors (Lipinski definition) is 3. The first-order valence-electron chi connectivity index (χ1n) is 6.71. The van der Waals surface area contributed by atoms with E-state index < -0.39 is 0 Å². The van der Waals surface area contributed by atoms with Gasteiger partial charge < -0.3 is 5.32 Å². The molecule has 5 heteroatoms. The van der Waals surface area contributed by atoms with Crippen molar-refractivity contribution < 1.29 is 0 Å². The summed E-state index contributed by atoms with van der Waals surface area (Å²) in [4.78, 5) is 12.1. The van der Waals surface area contributed by atoms with Gasteiger partial charge in [0.25, 0.3) is 5.56 Å². The predicted octanol–water partition coefficient (Wildman–Crippen LogP) is 2.63. The van der Waals surface area contributed by atoms with Crippen molar-refractivity contribution in [3.8, 4) is 0 Å². The third-order valence-electron chi connectivity index (χ3n) is 3.90. The fraction of sp³-hybridized carbons (Fsp3) is 0.692. The molecule has 1 N–H and O–H groups in total. The second-order valence-electron chi connectivity index (χ2n) is 5.46. The van der Waals surface area contributed by atoms with E-state index in [0.717, 1.165) is 18.2 Å². The lowest BCUT2D eigenvalue weighted by atomic mass is 10.3. The average molecular weight is 312 g/mol. The molecule has 0 amide bonds. The van der Waals surface area contributed by atoms with Crippen LogP contribution in [0.2, 0.25) is 0 Å². The molecular formula is C13H18BrN3O. The second kappa shape index (κ2) is 4.68. The topological polar surface area (TPSA) is 46.9 Å². The molecule has 2 aliphatic carbocycles. The normalized spacial score (nSPS) is 26.1. The minimum Gasteiger partial charge on any atom is -0.380 e. The minimum absolute atomic E-state index is 0.0133. The Kier molecular flexibility index (Phi) is 3.18. The summed E-state index contributed by atoms with van der Waals surface area (Å²) in [6.45, 7) is 2.96. The first-order valence-corrected chi connectivity index (χ1v) is 7.50. The summed E-state index contributed by atoms with van der Waals surface area (Å²) in [6, 6.07) is 0.520. The van der Waals surface area contributed by atoms with E-state index in [2.05, 4.69) is 33.3 Å². The largest absolute Gasteiger partial charge is 0.380 e. The van der Waals surface area contributed by atoms with E-state index in [1.807, 2.05) is 0 Å². The molecule has 3 rings (SSSR count). The number of hydrogen-bond donors (Lipinski definition) is 1. The van der Waals surface area contributed by atoms with E-state index in [0.29, 0.717) is 16.4 Å². The van der Waals surface area contributed by atoms with Crippen LogP contribution in [0.5, 0.6) is 0 Å². The monoisotopic (exact) mass is 311 g/mol. The maximum Gasteiger partial charge on any atom is 0.283 e. The standard InChI is InChI=1S/C13H18BrN3O/c1-2-9-5-10(9)16-11-6-15-17(7-8-3-4-8)13(18)12(11)14/h6,8-10,16H,2-5,7H2,1H3. The predicted molar refractivity (Wildman–Crippen MR) is 74.7 cm³/mol. The number of aromatic nitrogens is 2. The number of nitrogens with one attached hydrogen (secondary N) is 1. The van der Waals surface area contributed by atoms with Crippen molar-refractivity contribution in [2.45, 2.75) is 45.2 Å². The van der Waals surface area contributed by atoms with Gasteiger partial charge in [0.05, 0.1) is 11.9 Å². The van der Waals surface area contributed by atoms with Gasteiger partial charge in [-0.2, -0.15) is 5.10 Å². The first-order chi connectivity index (χ1) is 8.69. The Balaban J connectivity index is 1.75. The molecule has 0 spiro atoms. The fourth-order valence-electron chi connectivity index (χ4n) is 2.32. The number of nitrogens with zero attached hydrogens (tertiary/aromatic N) is 2. The molecule has 2 unspecified atom stereocenters. The van der Waals surface area contributed by atoms with Crippen molar-refractivity contribution in [1.82, 2.24) is 9.78 Å². The van der Waals surface area contributed by atoms with Crippen LogP contribution in [-0.2, 0) is 6.54 Å². The molecule has 0 radical (unpaired) electrons. The lowest BCUT2D eigenvalue weighted by Crippen LogP contribution is -2.25. The fourth-order valence-corrected chi connectivity index (χ4v) is 2.74. The van der Waals surface area contributed by atoms with Crippen LogP contribution in [0, 0.1) is 11.8 Å². The Labute approximate surface area is 115 Å². The summed E-state index contributed by atoms with van der Waals surface area (Å²) in [6.07, 6.45) is 6.63. The minimum atomic E-state index is -0.0133. The van der Waals surface area contributed by atoms with Gasteiger partial charge >= 0.3 is 0 Å². The van der Waals surface area contributed by atoms with Gasteiger partial charge in [-0.1, -0.05) is 13.3 Å². The Morgan fingerprint density at radius 3 is 2.94 bits per heavy atom. The van der Waals surface area contributed by atoms with E-state index in [9.17, 15) is 4.79 Å². The molecule has 2 fully saturated rings. The van der Waals surface area contributed by atoms with Gasteiger partial charge in [0, 0.05) is 12.6 Å². The molecule has 0 aromatic carbocycles. The quantitative estimate of drug-likeness (QED) is 0.909. The van der Waals surface area contributed by atoms with Gasteiger partial charge in [0.15, 0.2) is 0 Å². The van der Waals surface area contributed by atoms with Crippen molar-refractivity contribution in [2.75, 3.05) is 5.32 Å². The van der Waals surface area contributed by atoms with Crippen molar-refractivity contribution in [3.05, 3.63) is 21.0 Å². The number of rotatable bonds is 5. The maximum absolute atomic E-state index is 12.1. The van der Waals surface area contributed by atoms with Crippen molar-refractivity contribution in [1.29, 1.82) is 0 Å². The third-order valence-corrected chi connectivity index (χ3v) is 4.67. The third kappa shape index (κ3) is 2.46. The molecule has 0 saturated heterocycles. The van der Waals surface area contributed by atoms with Gasteiger partial charge in [-0.25, -0.2) is 4.68 Å². The van der Waals surface area contributed by atoms with E-state index in [4.69, 9.17) is 0 Å². The highest BCUT2D eigenvalue weighted by Crippen LogP contribution is 2.37. The van der Waals surface area contributed by atoms with Gasteiger partial charge in [0.2, 0.25) is 0 Å². The van der Waals surface area contributed by atoms with E-state index >= 15 is 0 Å². The average Bonchev–Trinajstić information content (AvgIpc) is 3.24. The summed E-state index contributed by atoms with van der Waals surface area (Å²) < 4.78 is 2.21. The van der Waals surface area contributed by atoms with Crippen LogP contribution < -0.4 is 10.9 Å². The zero-order valence-electron chi connectivity index (χ0n) is 10.5. The Morgan fingerprint density at radius 2 is 2.33 bits per heavy atom. The van der Waals surface area contributed by atoms with Gasteiger partial charge in [-0.15, -0.1) is 0 Å². The Morgan fingerprint density at radius 1 is 1.56 bits per heavy atom. The highest BCUT2D eigenvalue weighted by atomic mass is 79.9. The molecule has 18 heavy (non-hydrogen) atoms. The van der Waals surface area contributed by atoms with Crippen LogP contribution in [0.3, 0.4) is 0 Å². The molecule has 4 nitrogen and oxygen atoms in total. The SMILES string of the molecule is CCC1CC1Nc1cnn(CC2CC2)c(=O)c1Br. The van der Waals surface area contributed by atoms with Crippen LogP contribution in [0.25, 0.3) is 0 Å². The van der Waals surface area contributed by atoms with Crippen LogP contribution >= 0.6 is 15.9 Å². The van der Waals surface area contributed by atoms with Crippen molar-refractivity contribution in [2.24, 2.45) is 11.8 Å². The zero-order chi connectivity index (χ0) is 12.7. The molecule has 1 aromatic heterocycles. The molecule has 2 aliphatic rings. The lowest BCUT2D eigenvalue weighted by Gasteiger charge is -2.10. The van der Waals surface area contributed by atoms with E-state index in [-0.39, 0.29) is 5.56 Å². The summed E-state index contributed by atoms with van der Waals surface area (Å²) in [5.74, 6) is 1.42. The van der Waals surface area contributed by atoms with Crippen LogP contribution in [-0.4, -0.2) is 15.8 Å². The Bertz CT molecular complexity index is 509. The van der Waals surface area contributed by atoms with Crippen LogP contribution in [0.4, 0.5) is 5.69 Å². The van der Waals surface area contributed by atoms with E-state index in [1.165, 1.54) is 25.7 Å². The van der Waals surface area contributed by atoms with Gasteiger partial charge in [0.1, 0.15) is 4.47 Å². The Hall–Kier alpha value is -0.840. The molecule has 1 heterocycles. The van der Waals surface area contributed by atoms with Crippen LogP contribution in [0.1, 0.15) is 32.6 Å².